The van der Waals surface area contributed by atoms with Crippen molar-refractivity contribution in [3.8, 4) is 0 Å². The van der Waals surface area contributed by atoms with E-state index >= 15 is 0 Å². The van der Waals surface area contributed by atoms with Crippen molar-refractivity contribution in [1.29, 1.82) is 0 Å². The van der Waals surface area contributed by atoms with Crippen molar-refractivity contribution < 1.29 is 9.90 Å². The fraction of sp³-hybridized carbons (Fsp3) is 0.917. The molecule has 4 heteroatoms. The molecular weight excluding hydrogens is 204 g/mol. The summed E-state index contributed by atoms with van der Waals surface area (Å²) in [6.45, 7) is 11.8. The molecule has 4 nitrogen and oxygen atoms in total. The molecule has 1 atom stereocenters. The monoisotopic (exact) mass is 230 g/mol. The predicted octanol–water partition coefficient (Wildman–Crippen LogP) is 1.54. The van der Waals surface area contributed by atoms with Crippen LogP contribution in [0.5, 0.6) is 0 Å². The fourth-order valence-corrected chi connectivity index (χ4v) is 1.51. The van der Waals surface area contributed by atoms with Gasteiger partial charge < -0.3 is 15.7 Å². The summed E-state index contributed by atoms with van der Waals surface area (Å²) in [5.41, 5.74) is 4.59. The number of hydrogen-bond acceptors (Lipinski definition) is 3. The van der Waals surface area contributed by atoms with E-state index in [4.69, 9.17) is 10.8 Å². The first kappa shape index (κ1) is 15.4. The number of carbonyl (C=O) groups is 1. The predicted molar refractivity (Wildman–Crippen MR) is 66.4 cm³/mol. The zero-order valence-corrected chi connectivity index (χ0v) is 11.2. The molecule has 0 saturated carbocycles. The molecule has 0 radical (unpaired) electrons. The highest BCUT2D eigenvalue weighted by molar-refractivity contribution is 5.77. The van der Waals surface area contributed by atoms with E-state index in [2.05, 4.69) is 32.6 Å². The number of nitrogens with two attached hydrogens (primary N) is 1. The molecule has 0 aliphatic carbocycles. The van der Waals surface area contributed by atoms with Crippen molar-refractivity contribution in [2.75, 3.05) is 13.1 Å². The van der Waals surface area contributed by atoms with Gasteiger partial charge >= 0.3 is 5.97 Å². The number of carboxylic acids is 1. The average molecular weight is 230 g/mol. The van der Waals surface area contributed by atoms with E-state index in [1.807, 2.05) is 0 Å². The van der Waals surface area contributed by atoms with Crippen LogP contribution in [0.1, 0.15) is 41.0 Å². The van der Waals surface area contributed by atoms with Gasteiger partial charge in [-0.1, -0.05) is 13.8 Å². The quantitative estimate of drug-likeness (QED) is 0.696. The first-order valence-electron chi connectivity index (χ1n) is 5.93. The summed E-state index contributed by atoms with van der Waals surface area (Å²) in [7, 11) is 0. The van der Waals surface area contributed by atoms with Gasteiger partial charge in [0.05, 0.1) is 0 Å². The van der Waals surface area contributed by atoms with E-state index in [-0.39, 0.29) is 0 Å². The molecule has 0 saturated heterocycles. The van der Waals surface area contributed by atoms with Gasteiger partial charge in [-0.05, 0) is 33.1 Å². The smallest absolute Gasteiger partial charge is 0.323 e. The van der Waals surface area contributed by atoms with Gasteiger partial charge in [-0.25, -0.2) is 0 Å². The number of nitrogens with zero attached hydrogens (tertiary/aromatic N) is 1. The lowest BCUT2D eigenvalue weighted by Crippen LogP contribution is -2.48. The molecule has 0 bridgehead atoms. The van der Waals surface area contributed by atoms with Gasteiger partial charge in [0, 0.05) is 19.1 Å². The molecule has 0 spiro atoms. The molecule has 0 rings (SSSR count). The van der Waals surface area contributed by atoms with Crippen molar-refractivity contribution in [3.63, 3.8) is 0 Å². The van der Waals surface area contributed by atoms with Gasteiger partial charge in [0.1, 0.15) is 5.54 Å². The van der Waals surface area contributed by atoms with Gasteiger partial charge in [0.25, 0.3) is 0 Å². The molecule has 0 aliphatic rings. The Kier molecular flexibility index (Phi) is 5.97. The van der Waals surface area contributed by atoms with E-state index in [9.17, 15) is 4.79 Å². The molecule has 0 aromatic rings. The summed E-state index contributed by atoms with van der Waals surface area (Å²) in [5.74, 6) is -0.350. The second kappa shape index (κ2) is 6.21. The Bertz CT molecular complexity index is 225. The summed E-state index contributed by atoms with van der Waals surface area (Å²) >= 11 is 0. The highest BCUT2D eigenvalue weighted by Gasteiger charge is 2.28. The zero-order valence-electron chi connectivity index (χ0n) is 11.2. The molecule has 0 aromatic heterocycles. The second-order valence-corrected chi connectivity index (χ2v) is 5.46. The van der Waals surface area contributed by atoms with Gasteiger partial charge in [0.2, 0.25) is 0 Å². The molecule has 0 heterocycles. The van der Waals surface area contributed by atoms with Crippen LogP contribution in [0.15, 0.2) is 0 Å². The third-order valence-corrected chi connectivity index (χ3v) is 2.74. The third-order valence-electron chi connectivity index (χ3n) is 2.74. The van der Waals surface area contributed by atoms with E-state index in [1.165, 1.54) is 0 Å². The first-order chi connectivity index (χ1) is 7.16. The number of hydrogen-bond donors (Lipinski definition) is 2. The first-order valence-corrected chi connectivity index (χ1v) is 5.93. The summed E-state index contributed by atoms with van der Waals surface area (Å²) in [6, 6.07) is 0.423. The number of rotatable bonds is 7. The van der Waals surface area contributed by atoms with E-state index in [0.29, 0.717) is 18.4 Å². The molecular formula is C12H26N2O2. The van der Waals surface area contributed by atoms with Crippen molar-refractivity contribution in [3.05, 3.63) is 0 Å². The summed E-state index contributed by atoms with van der Waals surface area (Å²) in [6.07, 6.45) is 0.479. The van der Waals surface area contributed by atoms with Crippen LogP contribution in [-0.2, 0) is 4.79 Å². The lowest BCUT2D eigenvalue weighted by molar-refractivity contribution is -0.143. The normalized spacial score (nSPS) is 15.8. The van der Waals surface area contributed by atoms with Crippen molar-refractivity contribution in [2.45, 2.75) is 52.6 Å². The maximum Gasteiger partial charge on any atom is 0.323 e. The topological polar surface area (TPSA) is 66.6 Å². The minimum absolute atomic E-state index is 0.423. The maximum absolute atomic E-state index is 10.9. The van der Waals surface area contributed by atoms with Crippen molar-refractivity contribution in [1.82, 2.24) is 4.90 Å². The summed E-state index contributed by atoms with van der Waals surface area (Å²) in [4.78, 5) is 13.2. The van der Waals surface area contributed by atoms with Gasteiger partial charge in [0.15, 0.2) is 0 Å². The standard InChI is InChI=1S/C12H26N2O2/c1-9(2)8-14(10(3)4)7-6-12(5,13)11(15)16/h9-10H,6-8,13H2,1-5H3,(H,15,16). The Morgan fingerprint density at radius 2 is 1.88 bits per heavy atom. The maximum atomic E-state index is 10.9. The van der Waals surface area contributed by atoms with Crippen molar-refractivity contribution in [2.24, 2.45) is 11.7 Å². The SMILES string of the molecule is CC(C)CN(CCC(C)(N)C(=O)O)C(C)C. The molecule has 96 valence electrons. The van der Waals surface area contributed by atoms with Gasteiger partial charge in [-0.3, -0.25) is 4.79 Å². The van der Waals surface area contributed by atoms with E-state index < -0.39 is 11.5 Å². The highest BCUT2D eigenvalue weighted by Crippen LogP contribution is 2.11. The van der Waals surface area contributed by atoms with Crippen molar-refractivity contribution >= 4 is 5.97 Å². The largest absolute Gasteiger partial charge is 0.480 e. The molecule has 0 amide bonds. The van der Waals surface area contributed by atoms with Crippen LogP contribution in [0.4, 0.5) is 0 Å². The van der Waals surface area contributed by atoms with Gasteiger partial charge in [-0.2, -0.15) is 0 Å². The minimum atomic E-state index is -1.12. The number of carboxylic acid groups (broad SMARTS) is 1. The van der Waals surface area contributed by atoms with Crippen LogP contribution >= 0.6 is 0 Å². The van der Waals surface area contributed by atoms with Crippen LogP contribution < -0.4 is 5.73 Å². The zero-order chi connectivity index (χ0) is 12.9. The molecule has 16 heavy (non-hydrogen) atoms. The summed E-state index contributed by atoms with van der Waals surface area (Å²) in [5, 5.41) is 8.93. The Morgan fingerprint density at radius 3 is 2.19 bits per heavy atom. The highest BCUT2D eigenvalue weighted by atomic mass is 16.4. The minimum Gasteiger partial charge on any atom is -0.480 e. The summed E-state index contributed by atoms with van der Waals surface area (Å²) < 4.78 is 0. The Morgan fingerprint density at radius 1 is 1.38 bits per heavy atom. The lowest BCUT2D eigenvalue weighted by atomic mass is 9.99. The van der Waals surface area contributed by atoms with Crippen LogP contribution in [0.25, 0.3) is 0 Å². The molecule has 3 N–H and O–H groups in total. The average Bonchev–Trinajstić information content (AvgIpc) is 2.10. The van der Waals surface area contributed by atoms with Crippen LogP contribution in [-0.4, -0.2) is 40.6 Å². The van der Waals surface area contributed by atoms with E-state index in [1.54, 1.807) is 6.92 Å². The van der Waals surface area contributed by atoms with Crippen LogP contribution in [0.2, 0.25) is 0 Å². The Balaban J connectivity index is 4.27. The lowest BCUT2D eigenvalue weighted by Gasteiger charge is -2.31. The molecule has 0 aliphatic heterocycles. The molecule has 0 fully saturated rings. The van der Waals surface area contributed by atoms with Crippen LogP contribution in [0.3, 0.4) is 0 Å². The molecule has 1 unspecified atom stereocenters. The van der Waals surface area contributed by atoms with E-state index in [0.717, 1.165) is 13.1 Å². The fourth-order valence-electron chi connectivity index (χ4n) is 1.51. The second-order valence-electron chi connectivity index (χ2n) is 5.46. The molecule has 0 aromatic carbocycles. The Labute approximate surface area is 98.8 Å². The van der Waals surface area contributed by atoms with Crippen LogP contribution in [0, 0.1) is 5.92 Å². The Hall–Kier alpha value is -0.610. The third kappa shape index (κ3) is 5.47. The number of aliphatic carboxylic acids is 1. The van der Waals surface area contributed by atoms with Gasteiger partial charge in [-0.15, -0.1) is 0 Å².